The molecule has 3 rings (SSSR count). The number of carbonyl (C=O) groups is 3. The Hall–Kier alpha value is -4.32. The molecule has 0 saturated carbocycles. The van der Waals surface area contributed by atoms with Crippen LogP contribution in [0.3, 0.4) is 0 Å². The maximum atomic E-state index is 12.4. The van der Waals surface area contributed by atoms with E-state index in [1.54, 1.807) is 56.7 Å². The molecule has 3 aromatic rings. The van der Waals surface area contributed by atoms with E-state index in [1.807, 2.05) is 17.6 Å². The Balaban J connectivity index is 1.52. The molecular weight excluding hydrogens is 510 g/mol. The molecule has 11 nitrogen and oxygen atoms in total. The van der Waals surface area contributed by atoms with E-state index in [1.165, 1.54) is 24.9 Å². The third kappa shape index (κ3) is 7.59. The van der Waals surface area contributed by atoms with Crippen LogP contribution in [0, 0.1) is 0 Å². The van der Waals surface area contributed by atoms with Gasteiger partial charge in [0.15, 0.2) is 22.5 Å². The van der Waals surface area contributed by atoms with Crippen LogP contribution in [0.2, 0.25) is 0 Å². The summed E-state index contributed by atoms with van der Waals surface area (Å²) in [4.78, 5) is 36.3. The van der Waals surface area contributed by atoms with Crippen LogP contribution in [0.25, 0.3) is 6.08 Å². The van der Waals surface area contributed by atoms with Crippen LogP contribution in [-0.2, 0) is 27.4 Å². The molecule has 38 heavy (non-hydrogen) atoms. The summed E-state index contributed by atoms with van der Waals surface area (Å²) < 4.78 is 17.0. The van der Waals surface area contributed by atoms with Crippen molar-refractivity contribution in [3.05, 3.63) is 65.5 Å². The third-order valence-electron chi connectivity index (χ3n) is 5.29. The van der Waals surface area contributed by atoms with Gasteiger partial charge in [-0.1, -0.05) is 17.8 Å². The van der Waals surface area contributed by atoms with E-state index in [9.17, 15) is 14.4 Å². The lowest BCUT2D eigenvalue weighted by Gasteiger charge is -2.09. The molecule has 0 radical (unpaired) electrons. The van der Waals surface area contributed by atoms with Gasteiger partial charge in [0.2, 0.25) is 11.8 Å². The highest BCUT2D eigenvalue weighted by Gasteiger charge is 2.14. The quantitative estimate of drug-likeness (QED) is 0.202. The number of ether oxygens (including phenoxy) is 3. The second kappa shape index (κ2) is 13.8. The largest absolute Gasteiger partial charge is 0.493 e. The van der Waals surface area contributed by atoms with Gasteiger partial charge in [-0.25, -0.2) is 4.79 Å². The maximum Gasteiger partial charge on any atom is 0.337 e. The van der Waals surface area contributed by atoms with Crippen LogP contribution < -0.4 is 20.1 Å². The first kappa shape index (κ1) is 28.3. The minimum absolute atomic E-state index is 0.108. The van der Waals surface area contributed by atoms with Crippen molar-refractivity contribution in [2.45, 2.75) is 25.2 Å². The SMILES string of the molecule is CCn1c(CNC(=O)/C=C/c2ccc(OC)c(OC)c2)nnc1SCC(=O)Nc1ccc(C(=O)OC)cc1. The zero-order valence-electron chi connectivity index (χ0n) is 21.5. The van der Waals surface area contributed by atoms with E-state index < -0.39 is 5.97 Å². The zero-order valence-corrected chi connectivity index (χ0v) is 22.3. The summed E-state index contributed by atoms with van der Waals surface area (Å²) in [5.74, 6) is 0.880. The number of aromatic nitrogens is 3. The monoisotopic (exact) mass is 539 g/mol. The van der Waals surface area contributed by atoms with Crippen LogP contribution in [0.4, 0.5) is 5.69 Å². The van der Waals surface area contributed by atoms with Gasteiger partial charge in [0.1, 0.15) is 0 Å². The molecule has 0 spiro atoms. The number of thioether (sulfide) groups is 1. The number of rotatable bonds is 12. The number of hydrogen-bond donors (Lipinski definition) is 2. The van der Waals surface area contributed by atoms with E-state index in [0.29, 0.717) is 40.3 Å². The van der Waals surface area contributed by atoms with Crippen LogP contribution in [0.1, 0.15) is 28.7 Å². The highest BCUT2D eigenvalue weighted by atomic mass is 32.2. The minimum atomic E-state index is -0.446. The van der Waals surface area contributed by atoms with E-state index in [0.717, 1.165) is 5.56 Å². The average molecular weight is 540 g/mol. The number of carbonyl (C=O) groups excluding carboxylic acids is 3. The summed E-state index contributed by atoms with van der Waals surface area (Å²) in [5, 5.41) is 14.5. The average Bonchev–Trinajstić information content (AvgIpc) is 3.35. The van der Waals surface area contributed by atoms with Crippen molar-refractivity contribution in [2.75, 3.05) is 32.4 Å². The van der Waals surface area contributed by atoms with Crippen molar-refractivity contribution in [3.8, 4) is 11.5 Å². The van der Waals surface area contributed by atoms with Crippen LogP contribution in [0.15, 0.2) is 53.7 Å². The molecule has 0 unspecified atom stereocenters. The molecule has 2 N–H and O–H groups in total. The lowest BCUT2D eigenvalue weighted by molar-refractivity contribution is -0.116. The Morgan fingerprint density at radius 3 is 2.39 bits per heavy atom. The number of amides is 2. The molecule has 200 valence electrons. The molecule has 2 aromatic carbocycles. The molecule has 0 aliphatic heterocycles. The number of methoxy groups -OCH3 is 3. The molecule has 12 heteroatoms. The molecule has 0 saturated heterocycles. The van der Waals surface area contributed by atoms with E-state index in [2.05, 4.69) is 25.6 Å². The highest BCUT2D eigenvalue weighted by Crippen LogP contribution is 2.28. The normalized spacial score (nSPS) is 10.7. The topological polar surface area (TPSA) is 134 Å². The molecule has 1 aromatic heterocycles. The number of nitrogens with one attached hydrogen (secondary N) is 2. The van der Waals surface area contributed by atoms with Gasteiger partial charge in [0.25, 0.3) is 0 Å². The van der Waals surface area contributed by atoms with Crippen molar-refractivity contribution in [1.82, 2.24) is 20.1 Å². The minimum Gasteiger partial charge on any atom is -0.493 e. The predicted molar refractivity (Wildman–Crippen MR) is 143 cm³/mol. The zero-order chi connectivity index (χ0) is 27.5. The fraction of sp³-hybridized carbons (Fsp3) is 0.269. The van der Waals surface area contributed by atoms with Gasteiger partial charge >= 0.3 is 5.97 Å². The Morgan fingerprint density at radius 2 is 1.74 bits per heavy atom. The summed E-state index contributed by atoms with van der Waals surface area (Å²) in [6.45, 7) is 2.67. The number of benzene rings is 2. The Bertz CT molecular complexity index is 1310. The van der Waals surface area contributed by atoms with Gasteiger partial charge in [0, 0.05) is 18.3 Å². The van der Waals surface area contributed by atoms with Crippen LogP contribution >= 0.6 is 11.8 Å². The molecule has 0 bridgehead atoms. The van der Waals surface area contributed by atoms with Crippen LogP contribution in [-0.4, -0.2) is 59.6 Å². The van der Waals surface area contributed by atoms with Gasteiger partial charge in [-0.2, -0.15) is 0 Å². The van der Waals surface area contributed by atoms with Gasteiger partial charge < -0.3 is 29.4 Å². The molecule has 0 atom stereocenters. The van der Waals surface area contributed by atoms with E-state index in [-0.39, 0.29) is 24.1 Å². The van der Waals surface area contributed by atoms with Crippen molar-refractivity contribution in [3.63, 3.8) is 0 Å². The number of nitrogens with zero attached hydrogens (tertiary/aromatic N) is 3. The first-order chi connectivity index (χ1) is 18.4. The van der Waals surface area contributed by atoms with Crippen molar-refractivity contribution in [1.29, 1.82) is 0 Å². The lowest BCUT2D eigenvalue weighted by Crippen LogP contribution is -2.22. The van der Waals surface area contributed by atoms with Gasteiger partial charge in [-0.05, 0) is 55.0 Å². The molecule has 0 fully saturated rings. The summed E-state index contributed by atoms with van der Waals surface area (Å²) in [5.41, 5.74) is 1.74. The Kier molecular flexibility index (Phi) is 10.3. The first-order valence-corrected chi connectivity index (χ1v) is 12.6. The highest BCUT2D eigenvalue weighted by molar-refractivity contribution is 7.99. The molecule has 2 amide bonds. The fourth-order valence-corrected chi connectivity index (χ4v) is 4.18. The second-order valence-electron chi connectivity index (χ2n) is 7.71. The summed E-state index contributed by atoms with van der Waals surface area (Å²) in [7, 11) is 4.42. The molecule has 0 aliphatic rings. The molecule has 0 aliphatic carbocycles. The van der Waals surface area contributed by atoms with Crippen LogP contribution in [0.5, 0.6) is 11.5 Å². The predicted octanol–water partition coefficient (Wildman–Crippen LogP) is 3.16. The van der Waals surface area contributed by atoms with Crippen molar-refractivity contribution in [2.24, 2.45) is 0 Å². The van der Waals surface area contributed by atoms with Crippen molar-refractivity contribution >= 4 is 41.3 Å². The second-order valence-corrected chi connectivity index (χ2v) is 8.66. The third-order valence-corrected chi connectivity index (χ3v) is 6.25. The van der Waals surface area contributed by atoms with Gasteiger partial charge in [-0.3, -0.25) is 9.59 Å². The fourth-order valence-electron chi connectivity index (χ4n) is 3.36. The van der Waals surface area contributed by atoms with E-state index >= 15 is 0 Å². The van der Waals surface area contributed by atoms with Gasteiger partial charge in [0.05, 0.1) is 39.2 Å². The Labute approximate surface area is 224 Å². The first-order valence-electron chi connectivity index (χ1n) is 11.6. The lowest BCUT2D eigenvalue weighted by atomic mass is 10.2. The van der Waals surface area contributed by atoms with Gasteiger partial charge in [-0.15, -0.1) is 10.2 Å². The van der Waals surface area contributed by atoms with Crippen molar-refractivity contribution < 1.29 is 28.6 Å². The summed E-state index contributed by atoms with van der Waals surface area (Å²) in [6.07, 6.45) is 3.09. The number of esters is 1. The number of hydrogen-bond acceptors (Lipinski definition) is 9. The maximum absolute atomic E-state index is 12.4. The molecular formula is C26H29N5O6S. The summed E-state index contributed by atoms with van der Waals surface area (Å²) in [6, 6.07) is 11.8. The summed E-state index contributed by atoms with van der Waals surface area (Å²) >= 11 is 1.23. The standard InChI is InChI=1S/C26H29N5O6S/c1-5-31-22(15-27-23(32)13-7-17-6-12-20(35-2)21(14-17)36-3)29-30-26(31)38-16-24(33)28-19-10-8-18(9-11-19)25(34)37-4/h6-14H,5,15-16H2,1-4H3,(H,27,32)(H,28,33)/b13-7+. The number of anilines is 1. The molecule has 1 heterocycles. The van der Waals surface area contributed by atoms with E-state index in [4.69, 9.17) is 9.47 Å². The smallest absolute Gasteiger partial charge is 0.337 e. The Morgan fingerprint density at radius 1 is 1.00 bits per heavy atom.